The van der Waals surface area contributed by atoms with Crippen molar-refractivity contribution in [1.29, 1.82) is 0 Å². The summed E-state index contributed by atoms with van der Waals surface area (Å²) in [6, 6.07) is 8.74. The van der Waals surface area contributed by atoms with Crippen LogP contribution in [0.3, 0.4) is 0 Å². The van der Waals surface area contributed by atoms with Crippen LogP contribution >= 0.6 is 0 Å². The van der Waals surface area contributed by atoms with E-state index in [4.69, 9.17) is 0 Å². The zero-order valence-corrected chi connectivity index (χ0v) is 17.0. The van der Waals surface area contributed by atoms with Crippen molar-refractivity contribution in [1.82, 2.24) is 9.80 Å². The number of amidine groups is 1. The van der Waals surface area contributed by atoms with E-state index < -0.39 is 10.0 Å². The monoisotopic (exact) mass is 399 g/mol. The van der Waals surface area contributed by atoms with Gasteiger partial charge < -0.3 is 9.80 Å². The summed E-state index contributed by atoms with van der Waals surface area (Å²) < 4.78 is 27.1. The Kier molecular flexibility index (Phi) is 4.87. The minimum atomic E-state index is -3.39. The zero-order valence-electron chi connectivity index (χ0n) is 16.2. The van der Waals surface area contributed by atoms with Gasteiger partial charge in [0.1, 0.15) is 5.84 Å². The maximum absolute atomic E-state index is 13.2. The van der Waals surface area contributed by atoms with Gasteiger partial charge in [-0.15, -0.1) is 4.40 Å². The second kappa shape index (κ2) is 7.20. The summed E-state index contributed by atoms with van der Waals surface area (Å²) in [6.07, 6.45) is 7.08. The van der Waals surface area contributed by atoms with Gasteiger partial charge in [0.15, 0.2) is 0 Å². The van der Waals surface area contributed by atoms with Crippen LogP contribution < -0.4 is 0 Å². The Hall–Kier alpha value is -2.41. The number of hydrogen-bond acceptors (Lipinski definition) is 4. The maximum atomic E-state index is 13.2. The van der Waals surface area contributed by atoms with E-state index in [-0.39, 0.29) is 17.7 Å². The lowest BCUT2D eigenvalue weighted by Gasteiger charge is -2.29. The number of fused-ring (bicyclic) bond motifs is 1. The van der Waals surface area contributed by atoms with E-state index in [1.165, 1.54) is 5.56 Å². The highest BCUT2D eigenvalue weighted by atomic mass is 32.2. The van der Waals surface area contributed by atoms with Crippen molar-refractivity contribution in [2.75, 3.05) is 12.3 Å². The van der Waals surface area contributed by atoms with Gasteiger partial charge in [-0.3, -0.25) is 4.79 Å². The van der Waals surface area contributed by atoms with Crippen LogP contribution in [0.25, 0.3) is 0 Å². The summed E-state index contributed by atoms with van der Waals surface area (Å²) in [5.74, 6) is 0.817. The van der Waals surface area contributed by atoms with Crippen molar-refractivity contribution in [3.63, 3.8) is 0 Å². The van der Waals surface area contributed by atoms with Gasteiger partial charge >= 0.3 is 0 Å². The molecule has 0 aromatic heterocycles. The summed E-state index contributed by atoms with van der Waals surface area (Å²) >= 11 is 0. The first-order valence-electron chi connectivity index (χ1n) is 9.71. The van der Waals surface area contributed by atoms with Gasteiger partial charge in [0.05, 0.1) is 11.3 Å². The van der Waals surface area contributed by atoms with Gasteiger partial charge in [0.25, 0.3) is 15.9 Å². The molecule has 1 aliphatic carbocycles. The molecule has 1 fully saturated rings. The third kappa shape index (κ3) is 4.04. The Labute approximate surface area is 166 Å². The van der Waals surface area contributed by atoms with Crippen molar-refractivity contribution < 1.29 is 13.2 Å². The van der Waals surface area contributed by atoms with Crippen molar-refractivity contribution in [3.05, 3.63) is 59.3 Å². The Balaban J connectivity index is 1.52. The van der Waals surface area contributed by atoms with Crippen LogP contribution in [0.5, 0.6) is 0 Å². The highest BCUT2D eigenvalue weighted by Gasteiger charge is 2.34. The predicted molar refractivity (Wildman–Crippen MR) is 109 cm³/mol. The van der Waals surface area contributed by atoms with E-state index in [1.807, 2.05) is 4.90 Å². The number of rotatable bonds is 5. The molecular formula is C21H25N3O3S. The summed E-state index contributed by atoms with van der Waals surface area (Å²) in [7, 11) is -3.39. The lowest BCUT2D eigenvalue weighted by Crippen LogP contribution is -2.39. The molecule has 1 saturated carbocycles. The van der Waals surface area contributed by atoms with Crippen LogP contribution in [0.1, 0.15) is 43.7 Å². The molecule has 0 N–H and O–H groups in total. The second-order valence-electron chi connectivity index (χ2n) is 7.91. The number of nitrogens with zero attached hydrogens (tertiary/aromatic N) is 3. The number of carbonyl (C=O) groups is 1. The molecule has 0 radical (unpaired) electrons. The summed E-state index contributed by atoms with van der Waals surface area (Å²) in [6.45, 7) is 5.24. The molecule has 2 aliphatic heterocycles. The first kappa shape index (κ1) is 18.9. The summed E-state index contributed by atoms with van der Waals surface area (Å²) in [4.78, 5) is 16.9. The molecule has 4 rings (SSSR count). The van der Waals surface area contributed by atoms with Crippen LogP contribution in [-0.4, -0.2) is 48.3 Å². The number of sulfonamides is 1. The topological polar surface area (TPSA) is 70.1 Å². The third-order valence-electron chi connectivity index (χ3n) is 5.32. The standard InChI is InChI=1S/C21H25N3O3S/c1-15(2)17-5-3-16(4-6-17)13-24(19-8-9-19)21(25)18-7-10-20-22-28(26,27)12-11-23(20)14-18/h3-7,10,14-15,19H,8-9,11-13H2,1-2H3. The summed E-state index contributed by atoms with van der Waals surface area (Å²) in [5, 5.41) is 0. The molecular weight excluding hydrogens is 374 g/mol. The minimum Gasteiger partial charge on any atom is -0.331 e. The predicted octanol–water partition coefficient (Wildman–Crippen LogP) is 2.80. The maximum Gasteiger partial charge on any atom is 0.256 e. The molecule has 7 heteroatoms. The average Bonchev–Trinajstić information content (AvgIpc) is 3.50. The lowest BCUT2D eigenvalue weighted by molar-refractivity contribution is -0.128. The minimum absolute atomic E-state index is 0.0147. The van der Waals surface area contributed by atoms with Gasteiger partial charge in [-0.25, -0.2) is 8.42 Å². The number of amides is 1. The highest BCUT2D eigenvalue weighted by Crippen LogP contribution is 2.31. The van der Waals surface area contributed by atoms with Crippen molar-refractivity contribution in [2.45, 2.75) is 45.2 Å². The molecule has 0 bridgehead atoms. The van der Waals surface area contributed by atoms with Gasteiger partial charge in [0, 0.05) is 25.3 Å². The summed E-state index contributed by atoms with van der Waals surface area (Å²) in [5.41, 5.74) is 2.98. The van der Waals surface area contributed by atoms with Gasteiger partial charge in [-0.1, -0.05) is 38.1 Å². The fourth-order valence-corrected chi connectivity index (χ4v) is 4.42. The molecule has 1 aromatic carbocycles. The van der Waals surface area contributed by atoms with Crippen molar-refractivity contribution in [2.24, 2.45) is 4.40 Å². The smallest absolute Gasteiger partial charge is 0.256 e. The molecule has 148 valence electrons. The second-order valence-corrected chi connectivity index (χ2v) is 9.66. The largest absolute Gasteiger partial charge is 0.331 e. The molecule has 6 nitrogen and oxygen atoms in total. The Morgan fingerprint density at radius 3 is 2.57 bits per heavy atom. The fraction of sp³-hybridized carbons (Fsp3) is 0.429. The molecule has 0 unspecified atom stereocenters. The average molecular weight is 400 g/mol. The van der Waals surface area contributed by atoms with E-state index >= 15 is 0 Å². The zero-order chi connectivity index (χ0) is 19.9. The Bertz CT molecular complexity index is 971. The highest BCUT2D eigenvalue weighted by molar-refractivity contribution is 7.90. The quantitative estimate of drug-likeness (QED) is 0.763. The van der Waals surface area contributed by atoms with E-state index in [0.29, 0.717) is 30.4 Å². The number of benzene rings is 1. The number of hydrogen-bond donors (Lipinski definition) is 0. The van der Waals surface area contributed by atoms with E-state index in [0.717, 1.165) is 18.4 Å². The van der Waals surface area contributed by atoms with Gasteiger partial charge in [-0.2, -0.15) is 0 Å². The Morgan fingerprint density at radius 1 is 1.21 bits per heavy atom. The lowest BCUT2D eigenvalue weighted by atomic mass is 10.0. The molecule has 1 aromatic rings. The molecule has 1 amide bonds. The Morgan fingerprint density at radius 2 is 1.93 bits per heavy atom. The van der Waals surface area contributed by atoms with Crippen LogP contribution in [0.4, 0.5) is 0 Å². The van der Waals surface area contributed by atoms with Crippen LogP contribution in [0, 0.1) is 0 Å². The first-order valence-corrected chi connectivity index (χ1v) is 11.3. The van der Waals surface area contributed by atoms with Crippen molar-refractivity contribution in [3.8, 4) is 0 Å². The van der Waals surface area contributed by atoms with E-state index in [1.54, 1.807) is 23.3 Å². The molecule has 28 heavy (non-hydrogen) atoms. The van der Waals surface area contributed by atoms with Crippen molar-refractivity contribution >= 4 is 21.8 Å². The molecule has 0 saturated heterocycles. The third-order valence-corrected chi connectivity index (χ3v) is 6.48. The van der Waals surface area contributed by atoms with E-state index in [2.05, 4.69) is 42.5 Å². The fourth-order valence-electron chi connectivity index (χ4n) is 3.45. The molecule has 2 heterocycles. The van der Waals surface area contributed by atoms with E-state index in [9.17, 15) is 13.2 Å². The van der Waals surface area contributed by atoms with Gasteiger partial charge in [-0.05, 0) is 42.0 Å². The van der Waals surface area contributed by atoms with Crippen LogP contribution in [-0.2, 0) is 21.4 Å². The molecule has 0 spiro atoms. The first-order chi connectivity index (χ1) is 13.3. The molecule has 3 aliphatic rings. The van der Waals surface area contributed by atoms with Gasteiger partial charge in [0.2, 0.25) is 0 Å². The SMILES string of the molecule is CC(C)c1ccc(CN(C(=O)C2=CN3CCS(=O)(=O)N=C3C=C2)C2CC2)cc1. The van der Waals surface area contributed by atoms with Crippen LogP contribution in [0.15, 0.2) is 52.6 Å². The molecule has 0 atom stereocenters. The van der Waals surface area contributed by atoms with Crippen LogP contribution in [0.2, 0.25) is 0 Å². The number of carbonyl (C=O) groups excluding carboxylic acids is 1. The normalized spacial score (nSPS) is 20.5.